The molecule has 1 aliphatic carbocycles. The molecule has 0 bridgehead atoms. The van der Waals surface area contributed by atoms with Crippen molar-refractivity contribution in [3.63, 3.8) is 0 Å². The number of fused-ring (bicyclic) bond motifs is 1. The summed E-state index contributed by atoms with van der Waals surface area (Å²) in [4.78, 5) is 12.2. The molecule has 1 aromatic rings. The minimum Gasteiger partial charge on any atom is -0.304 e. The first-order chi connectivity index (χ1) is 8.72. The predicted octanol–water partition coefficient (Wildman–Crippen LogP) is 2.91. The third-order valence-electron chi connectivity index (χ3n) is 3.59. The summed E-state index contributed by atoms with van der Waals surface area (Å²) in [7, 11) is 0. The van der Waals surface area contributed by atoms with Crippen LogP contribution in [0.1, 0.15) is 41.3 Å². The van der Waals surface area contributed by atoms with Gasteiger partial charge in [-0.3, -0.25) is 4.79 Å². The smallest absolute Gasteiger partial charge is 0.179 e. The van der Waals surface area contributed by atoms with E-state index < -0.39 is 0 Å². The maximum Gasteiger partial charge on any atom is 0.179 e. The van der Waals surface area contributed by atoms with Gasteiger partial charge in [-0.25, -0.2) is 0 Å². The highest BCUT2D eigenvalue weighted by molar-refractivity contribution is 6.00. The highest BCUT2D eigenvalue weighted by atomic mass is 16.1. The predicted molar refractivity (Wildman–Crippen MR) is 75.1 cm³/mol. The molecule has 96 valence electrons. The van der Waals surface area contributed by atoms with Gasteiger partial charge in [0.15, 0.2) is 5.78 Å². The third kappa shape index (κ3) is 2.88. The van der Waals surface area contributed by atoms with Crippen LogP contribution in [0.5, 0.6) is 0 Å². The van der Waals surface area contributed by atoms with Crippen LogP contribution in [0.4, 0.5) is 0 Å². The number of carbonyl (C=O) groups excluding carboxylic acids is 1. The molecule has 0 aliphatic heterocycles. The first-order valence-electron chi connectivity index (χ1n) is 6.72. The van der Waals surface area contributed by atoms with E-state index in [0.29, 0.717) is 6.54 Å². The molecule has 1 N–H and O–H groups in total. The van der Waals surface area contributed by atoms with Crippen molar-refractivity contribution in [3.05, 3.63) is 47.5 Å². The van der Waals surface area contributed by atoms with Crippen molar-refractivity contribution in [1.82, 2.24) is 5.32 Å². The van der Waals surface area contributed by atoms with Gasteiger partial charge in [0.1, 0.15) is 0 Å². The van der Waals surface area contributed by atoms with E-state index in [0.717, 1.165) is 18.4 Å². The van der Waals surface area contributed by atoms with Crippen LogP contribution in [-0.4, -0.2) is 18.4 Å². The van der Waals surface area contributed by atoms with Crippen LogP contribution in [-0.2, 0) is 12.8 Å². The molecule has 1 atom stereocenters. The Morgan fingerprint density at radius 2 is 2.11 bits per heavy atom. The minimum absolute atomic E-state index is 0.148. The van der Waals surface area contributed by atoms with E-state index in [9.17, 15) is 4.79 Å². The molecule has 1 aromatic carbocycles. The van der Waals surface area contributed by atoms with E-state index in [1.54, 1.807) is 6.08 Å². The summed E-state index contributed by atoms with van der Waals surface area (Å²) in [6.07, 6.45) is 6.57. The van der Waals surface area contributed by atoms with Crippen LogP contribution in [0.3, 0.4) is 0 Å². The van der Waals surface area contributed by atoms with E-state index in [-0.39, 0.29) is 11.8 Å². The van der Waals surface area contributed by atoms with Crippen molar-refractivity contribution in [2.45, 2.75) is 38.6 Å². The quantitative estimate of drug-likeness (QED) is 0.636. The van der Waals surface area contributed by atoms with Gasteiger partial charge >= 0.3 is 0 Å². The average molecular weight is 243 g/mol. The first-order valence-corrected chi connectivity index (χ1v) is 6.72. The van der Waals surface area contributed by atoms with E-state index in [1.807, 2.05) is 13.0 Å². The van der Waals surface area contributed by atoms with Crippen molar-refractivity contribution in [2.24, 2.45) is 0 Å². The van der Waals surface area contributed by atoms with Gasteiger partial charge < -0.3 is 5.32 Å². The number of hydrogen-bond donors (Lipinski definition) is 1. The molecule has 2 heteroatoms. The van der Waals surface area contributed by atoms with Gasteiger partial charge in [-0.1, -0.05) is 18.2 Å². The number of Topliss-reactive ketones (excluding diaryl/α,β-unsaturated/α-hetero) is 1. The lowest BCUT2D eigenvalue weighted by atomic mass is 9.89. The summed E-state index contributed by atoms with van der Waals surface area (Å²) < 4.78 is 0. The molecule has 0 amide bonds. The van der Waals surface area contributed by atoms with Gasteiger partial charge in [-0.2, -0.15) is 0 Å². The van der Waals surface area contributed by atoms with Crippen molar-refractivity contribution in [3.8, 4) is 0 Å². The zero-order chi connectivity index (χ0) is 13.0. The average Bonchev–Trinajstić information content (AvgIpc) is 2.43. The number of nitrogens with one attached hydrogen (secondary N) is 1. The van der Waals surface area contributed by atoms with Crippen LogP contribution in [0.2, 0.25) is 0 Å². The molecule has 0 aromatic heterocycles. The van der Waals surface area contributed by atoms with Gasteiger partial charge in [-0.05, 0) is 49.8 Å². The van der Waals surface area contributed by atoms with Crippen LogP contribution in [0, 0.1) is 0 Å². The summed E-state index contributed by atoms with van der Waals surface area (Å²) in [5, 5.41) is 3.14. The third-order valence-corrected chi connectivity index (χ3v) is 3.59. The lowest BCUT2D eigenvalue weighted by Gasteiger charge is -2.17. The number of benzene rings is 1. The Balaban J connectivity index is 2.13. The molecule has 2 rings (SSSR count). The fourth-order valence-corrected chi connectivity index (χ4v) is 2.49. The number of hydrogen-bond acceptors (Lipinski definition) is 2. The summed E-state index contributed by atoms with van der Waals surface area (Å²) in [6.45, 7) is 6.22. The van der Waals surface area contributed by atoms with Crippen LogP contribution < -0.4 is 5.32 Å². The van der Waals surface area contributed by atoms with E-state index >= 15 is 0 Å². The zero-order valence-corrected chi connectivity index (χ0v) is 11.0. The molecule has 1 aliphatic rings. The summed E-state index contributed by atoms with van der Waals surface area (Å²) in [6, 6.07) is 6.04. The Kier molecular flexibility index (Phi) is 4.32. The summed E-state index contributed by atoms with van der Waals surface area (Å²) in [5.41, 5.74) is 3.62. The zero-order valence-electron chi connectivity index (χ0n) is 11.0. The Morgan fingerprint density at radius 1 is 1.39 bits per heavy atom. The molecule has 1 unspecified atom stereocenters. The highest BCUT2D eigenvalue weighted by Crippen LogP contribution is 2.22. The fraction of sp³-hybridized carbons (Fsp3) is 0.438. The van der Waals surface area contributed by atoms with Crippen molar-refractivity contribution in [1.29, 1.82) is 0 Å². The summed E-state index contributed by atoms with van der Waals surface area (Å²) >= 11 is 0. The number of rotatable bonds is 5. The van der Waals surface area contributed by atoms with Crippen molar-refractivity contribution >= 4 is 5.78 Å². The normalized spacial score (nSPS) is 15.8. The molecular weight excluding hydrogens is 222 g/mol. The van der Waals surface area contributed by atoms with Crippen LogP contribution in [0.15, 0.2) is 30.9 Å². The first kappa shape index (κ1) is 13.0. The molecule has 0 spiro atoms. The Labute approximate surface area is 109 Å². The Morgan fingerprint density at radius 3 is 2.83 bits per heavy atom. The second-order valence-corrected chi connectivity index (χ2v) is 4.97. The van der Waals surface area contributed by atoms with Crippen LogP contribution in [0.25, 0.3) is 0 Å². The lowest BCUT2D eigenvalue weighted by molar-refractivity contribution is 0.0953. The van der Waals surface area contributed by atoms with E-state index in [1.165, 1.54) is 24.0 Å². The Hall–Kier alpha value is -1.41. The molecule has 0 heterocycles. The maximum absolute atomic E-state index is 12.2. The standard InChI is InChI=1S/C16H21NO/c1-3-10-17-12(2)16(18)15-9-8-13-6-4-5-7-14(13)11-15/h3,8-9,11-12,17H,1,4-7,10H2,2H3. The highest BCUT2D eigenvalue weighted by Gasteiger charge is 2.16. The fourth-order valence-electron chi connectivity index (χ4n) is 2.49. The SMILES string of the molecule is C=CCNC(C)C(=O)c1ccc2c(c1)CCCC2. The number of aryl methyl sites for hydroxylation is 2. The monoisotopic (exact) mass is 243 g/mol. The van der Waals surface area contributed by atoms with Gasteiger partial charge in [0.2, 0.25) is 0 Å². The second-order valence-electron chi connectivity index (χ2n) is 4.97. The molecule has 0 fully saturated rings. The molecule has 0 saturated carbocycles. The largest absolute Gasteiger partial charge is 0.304 e. The van der Waals surface area contributed by atoms with Gasteiger partial charge in [0.25, 0.3) is 0 Å². The molecule has 0 radical (unpaired) electrons. The maximum atomic E-state index is 12.2. The number of ketones is 1. The molecule has 18 heavy (non-hydrogen) atoms. The molecule has 2 nitrogen and oxygen atoms in total. The van der Waals surface area contributed by atoms with E-state index in [2.05, 4.69) is 24.0 Å². The summed E-state index contributed by atoms with van der Waals surface area (Å²) in [5.74, 6) is 0.172. The molecule has 0 saturated heterocycles. The topological polar surface area (TPSA) is 29.1 Å². The Bertz CT molecular complexity index is 450. The lowest BCUT2D eigenvalue weighted by Crippen LogP contribution is -2.34. The van der Waals surface area contributed by atoms with E-state index in [4.69, 9.17) is 0 Å². The second kappa shape index (κ2) is 5.96. The van der Waals surface area contributed by atoms with Gasteiger partial charge in [-0.15, -0.1) is 6.58 Å². The van der Waals surface area contributed by atoms with Crippen molar-refractivity contribution < 1.29 is 4.79 Å². The minimum atomic E-state index is -0.148. The number of carbonyl (C=O) groups is 1. The van der Waals surface area contributed by atoms with Crippen LogP contribution >= 0.6 is 0 Å². The van der Waals surface area contributed by atoms with Gasteiger partial charge in [0.05, 0.1) is 6.04 Å². The van der Waals surface area contributed by atoms with Gasteiger partial charge in [0, 0.05) is 12.1 Å². The molecular formula is C16H21NO. The van der Waals surface area contributed by atoms with Crippen molar-refractivity contribution in [2.75, 3.05) is 6.54 Å².